The predicted octanol–water partition coefficient (Wildman–Crippen LogP) is 4.47. The van der Waals surface area contributed by atoms with Gasteiger partial charge in [-0.3, -0.25) is 0 Å². The van der Waals surface area contributed by atoms with E-state index in [1.54, 1.807) is 12.1 Å². The van der Waals surface area contributed by atoms with Gasteiger partial charge in [-0.15, -0.1) is 0 Å². The third kappa shape index (κ3) is 7.41. The van der Waals surface area contributed by atoms with E-state index in [9.17, 15) is 4.79 Å². The van der Waals surface area contributed by atoms with Crippen LogP contribution in [0.2, 0.25) is 0 Å². The van der Waals surface area contributed by atoms with Gasteiger partial charge in [0.1, 0.15) is 5.75 Å². The van der Waals surface area contributed by atoms with Gasteiger partial charge in [-0.05, 0) is 45.7 Å². The minimum absolute atomic E-state index is 0.426. The molecule has 0 unspecified atom stereocenters. The van der Waals surface area contributed by atoms with Crippen LogP contribution in [0.5, 0.6) is 5.75 Å². The van der Waals surface area contributed by atoms with E-state index in [0.29, 0.717) is 12.3 Å². The van der Waals surface area contributed by atoms with Crippen molar-refractivity contribution in [3.05, 3.63) is 53.6 Å². The fourth-order valence-corrected chi connectivity index (χ4v) is 1.63. The molecular formula is C17H23NO2. The highest BCUT2D eigenvalue weighted by atomic mass is 16.5. The van der Waals surface area contributed by atoms with Crippen LogP contribution in [0.25, 0.3) is 0 Å². The van der Waals surface area contributed by atoms with Gasteiger partial charge < -0.3 is 10.1 Å². The molecule has 0 saturated heterocycles. The zero-order chi connectivity index (χ0) is 14.8. The highest BCUT2D eigenvalue weighted by Crippen LogP contribution is 2.08. The standard InChI is InChI=1S/C17H23NO2/c1-14(2)8-7-9-15(3)12-13-18-17(19)20-16-10-5-4-6-11-16/h4-6,8,10-12H,7,9,13H2,1-3H3,(H,18,19)/b15-12-. The highest BCUT2D eigenvalue weighted by molar-refractivity contribution is 5.70. The summed E-state index contributed by atoms with van der Waals surface area (Å²) < 4.78 is 5.12. The molecule has 1 aromatic carbocycles. The Bertz CT molecular complexity index is 471. The molecule has 0 spiro atoms. The smallest absolute Gasteiger partial charge is 0.410 e. The molecule has 0 aromatic heterocycles. The van der Waals surface area contributed by atoms with Crippen molar-refractivity contribution >= 4 is 6.09 Å². The first kappa shape index (κ1) is 16.0. The van der Waals surface area contributed by atoms with Crippen LogP contribution in [-0.4, -0.2) is 12.6 Å². The third-order valence-electron chi connectivity index (χ3n) is 2.74. The first-order chi connectivity index (χ1) is 9.58. The van der Waals surface area contributed by atoms with Crippen LogP contribution >= 0.6 is 0 Å². The van der Waals surface area contributed by atoms with E-state index < -0.39 is 6.09 Å². The number of para-hydroxylation sites is 1. The van der Waals surface area contributed by atoms with Gasteiger partial charge in [0.15, 0.2) is 0 Å². The fraction of sp³-hybridized carbons (Fsp3) is 0.353. The lowest BCUT2D eigenvalue weighted by molar-refractivity contribution is 0.201. The number of hydrogen-bond donors (Lipinski definition) is 1. The summed E-state index contributed by atoms with van der Waals surface area (Å²) in [7, 11) is 0. The molecule has 1 amide bonds. The molecule has 0 radical (unpaired) electrons. The summed E-state index contributed by atoms with van der Waals surface area (Å²) in [6, 6.07) is 9.04. The molecule has 0 fully saturated rings. The summed E-state index contributed by atoms with van der Waals surface area (Å²) in [5.41, 5.74) is 2.60. The molecule has 0 aliphatic carbocycles. The lowest BCUT2D eigenvalue weighted by atomic mass is 10.1. The van der Waals surface area contributed by atoms with E-state index in [2.05, 4.69) is 32.2 Å². The van der Waals surface area contributed by atoms with Crippen molar-refractivity contribution < 1.29 is 9.53 Å². The molecule has 3 nitrogen and oxygen atoms in total. The van der Waals surface area contributed by atoms with E-state index in [1.807, 2.05) is 24.3 Å². The second kappa shape index (κ2) is 8.97. The van der Waals surface area contributed by atoms with E-state index in [-0.39, 0.29) is 0 Å². The maximum absolute atomic E-state index is 11.5. The van der Waals surface area contributed by atoms with E-state index >= 15 is 0 Å². The first-order valence-electron chi connectivity index (χ1n) is 6.87. The Morgan fingerprint density at radius 2 is 1.85 bits per heavy atom. The van der Waals surface area contributed by atoms with Crippen molar-refractivity contribution in [2.24, 2.45) is 0 Å². The summed E-state index contributed by atoms with van der Waals surface area (Å²) in [5, 5.41) is 2.71. The van der Waals surface area contributed by atoms with Crippen molar-refractivity contribution in [3.63, 3.8) is 0 Å². The summed E-state index contributed by atoms with van der Waals surface area (Å²) in [6.07, 6.45) is 5.86. The average Bonchev–Trinajstić information content (AvgIpc) is 2.39. The Balaban J connectivity index is 2.25. The summed E-state index contributed by atoms with van der Waals surface area (Å²) >= 11 is 0. The number of benzene rings is 1. The Hall–Kier alpha value is -2.03. The Morgan fingerprint density at radius 3 is 2.50 bits per heavy atom. The van der Waals surface area contributed by atoms with Gasteiger partial charge in [0.25, 0.3) is 0 Å². The summed E-state index contributed by atoms with van der Waals surface area (Å²) in [6.45, 7) is 6.76. The number of nitrogens with one attached hydrogen (secondary N) is 1. The maximum Gasteiger partial charge on any atom is 0.412 e. The molecule has 0 aliphatic rings. The highest BCUT2D eigenvalue weighted by Gasteiger charge is 2.01. The van der Waals surface area contributed by atoms with Crippen molar-refractivity contribution in [3.8, 4) is 5.75 Å². The second-order valence-electron chi connectivity index (χ2n) is 4.95. The van der Waals surface area contributed by atoms with Gasteiger partial charge >= 0.3 is 6.09 Å². The molecule has 0 aliphatic heterocycles. The monoisotopic (exact) mass is 273 g/mol. The second-order valence-corrected chi connectivity index (χ2v) is 4.95. The molecule has 0 bridgehead atoms. The van der Waals surface area contributed by atoms with Gasteiger partial charge in [0.05, 0.1) is 0 Å². The Labute approximate surface area is 121 Å². The van der Waals surface area contributed by atoms with Crippen LogP contribution in [0, 0.1) is 0 Å². The van der Waals surface area contributed by atoms with Gasteiger partial charge in [-0.1, -0.05) is 41.5 Å². The summed E-state index contributed by atoms with van der Waals surface area (Å²) in [5.74, 6) is 0.550. The zero-order valence-corrected chi connectivity index (χ0v) is 12.5. The zero-order valence-electron chi connectivity index (χ0n) is 12.5. The van der Waals surface area contributed by atoms with Crippen LogP contribution in [-0.2, 0) is 0 Å². The van der Waals surface area contributed by atoms with Crippen LogP contribution in [0.1, 0.15) is 33.6 Å². The third-order valence-corrected chi connectivity index (χ3v) is 2.74. The minimum atomic E-state index is -0.426. The number of rotatable bonds is 6. The molecule has 0 atom stereocenters. The van der Waals surface area contributed by atoms with Gasteiger partial charge in [0.2, 0.25) is 0 Å². The van der Waals surface area contributed by atoms with Gasteiger partial charge in [-0.2, -0.15) is 0 Å². The van der Waals surface area contributed by atoms with E-state index in [4.69, 9.17) is 4.74 Å². The number of allylic oxidation sites excluding steroid dienone is 3. The molecule has 3 heteroatoms. The van der Waals surface area contributed by atoms with Crippen molar-refractivity contribution in [2.75, 3.05) is 6.54 Å². The molecule has 0 heterocycles. The number of hydrogen-bond acceptors (Lipinski definition) is 2. The Kier molecular flexibility index (Phi) is 7.18. The Morgan fingerprint density at radius 1 is 1.15 bits per heavy atom. The average molecular weight is 273 g/mol. The molecule has 108 valence electrons. The van der Waals surface area contributed by atoms with E-state index in [1.165, 1.54) is 11.1 Å². The fourth-order valence-electron chi connectivity index (χ4n) is 1.63. The number of amides is 1. The number of carbonyl (C=O) groups is 1. The SMILES string of the molecule is CC(C)=CCC/C(C)=C\CNC(=O)Oc1ccccc1. The summed E-state index contributed by atoms with van der Waals surface area (Å²) in [4.78, 5) is 11.5. The lowest BCUT2D eigenvalue weighted by Gasteiger charge is -2.05. The molecule has 1 rings (SSSR count). The van der Waals surface area contributed by atoms with E-state index in [0.717, 1.165) is 12.8 Å². The quantitative estimate of drug-likeness (QED) is 0.777. The largest absolute Gasteiger partial charge is 0.412 e. The molecule has 20 heavy (non-hydrogen) atoms. The molecule has 0 saturated carbocycles. The van der Waals surface area contributed by atoms with Crippen LogP contribution in [0.4, 0.5) is 4.79 Å². The number of ether oxygens (including phenoxy) is 1. The minimum Gasteiger partial charge on any atom is -0.410 e. The van der Waals surface area contributed by atoms with Crippen LogP contribution in [0.15, 0.2) is 53.6 Å². The van der Waals surface area contributed by atoms with Gasteiger partial charge in [0, 0.05) is 6.54 Å². The lowest BCUT2D eigenvalue weighted by Crippen LogP contribution is -2.26. The molecule has 1 aromatic rings. The van der Waals surface area contributed by atoms with Crippen LogP contribution in [0.3, 0.4) is 0 Å². The van der Waals surface area contributed by atoms with Crippen molar-refractivity contribution in [2.45, 2.75) is 33.6 Å². The van der Waals surface area contributed by atoms with Crippen molar-refractivity contribution in [1.82, 2.24) is 5.32 Å². The van der Waals surface area contributed by atoms with Crippen LogP contribution < -0.4 is 10.1 Å². The first-order valence-corrected chi connectivity index (χ1v) is 6.87. The predicted molar refractivity (Wildman–Crippen MR) is 82.9 cm³/mol. The van der Waals surface area contributed by atoms with Gasteiger partial charge in [-0.25, -0.2) is 4.79 Å². The van der Waals surface area contributed by atoms with Crippen molar-refractivity contribution in [1.29, 1.82) is 0 Å². The molecule has 1 N–H and O–H groups in total. The normalized spacial score (nSPS) is 10.8. The topological polar surface area (TPSA) is 38.3 Å². The number of carbonyl (C=O) groups excluding carboxylic acids is 1. The molecular weight excluding hydrogens is 250 g/mol. The maximum atomic E-state index is 11.5.